The average molecular weight is 324 g/mol. The first-order chi connectivity index (χ1) is 9.24. The fourth-order valence-corrected chi connectivity index (χ4v) is 3.82. The summed E-state index contributed by atoms with van der Waals surface area (Å²) in [6.07, 6.45) is 9.38. The number of ether oxygens (including phenoxy) is 1. The molecule has 1 fully saturated rings. The van der Waals surface area contributed by atoms with E-state index in [1.165, 1.54) is 38.5 Å². The fourth-order valence-electron chi connectivity index (χ4n) is 3.48. The van der Waals surface area contributed by atoms with Crippen molar-refractivity contribution in [1.82, 2.24) is 0 Å². The van der Waals surface area contributed by atoms with E-state index < -0.39 is 0 Å². The molecule has 2 N–H and O–H groups in total. The van der Waals surface area contributed by atoms with E-state index in [9.17, 15) is 0 Å². The van der Waals surface area contributed by atoms with Crippen molar-refractivity contribution in [3.8, 4) is 5.75 Å². The van der Waals surface area contributed by atoms with E-state index in [0.717, 1.165) is 22.2 Å². The van der Waals surface area contributed by atoms with Crippen LogP contribution in [0.5, 0.6) is 5.75 Å². The highest BCUT2D eigenvalue weighted by Crippen LogP contribution is 2.40. The van der Waals surface area contributed by atoms with Gasteiger partial charge in [-0.25, -0.2) is 0 Å². The number of fused-ring (bicyclic) bond motifs is 1. The number of hydrogen-bond donors (Lipinski definition) is 1. The summed E-state index contributed by atoms with van der Waals surface area (Å²) in [5, 5.41) is 0. The molecule has 1 aromatic carbocycles. The van der Waals surface area contributed by atoms with Crippen molar-refractivity contribution in [3.05, 3.63) is 28.2 Å². The Morgan fingerprint density at radius 1 is 1.11 bits per heavy atom. The lowest BCUT2D eigenvalue weighted by molar-refractivity contribution is 0.0905. The van der Waals surface area contributed by atoms with Crippen molar-refractivity contribution in [2.24, 2.45) is 11.7 Å². The van der Waals surface area contributed by atoms with E-state index >= 15 is 0 Å². The number of hydrogen-bond acceptors (Lipinski definition) is 2. The number of benzene rings is 1. The molecule has 0 spiro atoms. The van der Waals surface area contributed by atoms with Crippen LogP contribution in [-0.4, -0.2) is 6.10 Å². The van der Waals surface area contributed by atoms with Gasteiger partial charge in [0.15, 0.2) is 0 Å². The Balaban J connectivity index is 1.79. The molecule has 2 aliphatic rings. The zero-order chi connectivity index (χ0) is 13.2. The maximum absolute atomic E-state index is 6.34. The molecule has 2 nitrogen and oxygen atoms in total. The minimum atomic E-state index is 0.130. The summed E-state index contributed by atoms with van der Waals surface area (Å²) in [6.45, 7) is 0. The predicted molar refractivity (Wildman–Crippen MR) is 81.3 cm³/mol. The third-order valence-corrected chi connectivity index (χ3v) is 5.06. The third-order valence-electron chi connectivity index (χ3n) is 4.57. The number of nitrogens with two attached hydrogens (primary N) is 1. The minimum Gasteiger partial charge on any atom is -0.490 e. The van der Waals surface area contributed by atoms with E-state index in [0.29, 0.717) is 12.0 Å². The smallest absolute Gasteiger partial charge is 0.125 e. The summed E-state index contributed by atoms with van der Waals surface area (Å²) >= 11 is 3.52. The maximum Gasteiger partial charge on any atom is 0.125 e. The molecule has 1 aromatic rings. The molecule has 1 heterocycles. The van der Waals surface area contributed by atoms with Gasteiger partial charge in [-0.05, 0) is 30.9 Å². The Kier molecular flexibility index (Phi) is 4.13. The van der Waals surface area contributed by atoms with Crippen LogP contribution in [0.2, 0.25) is 0 Å². The molecule has 0 radical (unpaired) electrons. The van der Waals surface area contributed by atoms with E-state index in [4.69, 9.17) is 10.5 Å². The van der Waals surface area contributed by atoms with Crippen molar-refractivity contribution < 1.29 is 4.74 Å². The topological polar surface area (TPSA) is 35.2 Å². The molecule has 3 rings (SSSR count). The van der Waals surface area contributed by atoms with Crippen LogP contribution in [0.15, 0.2) is 22.7 Å². The molecule has 19 heavy (non-hydrogen) atoms. The second-order valence-corrected chi connectivity index (χ2v) is 6.85. The standard InChI is InChI=1S/C16H22BrNO/c17-12-7-8-13-14(18)10-15(19-16(13)9-12)11-5-3-1-2-4-6-11/h7-9,11,14-15H,1-6,10,18H2. The normalized spacial score (nSPS) is 28.3. The Morgan fingerprint density at radius 2 is 1.84 bits per heavy atom. The van der Waals surface area contributed by atoms with E-state index in [1.54, 1.807) is 0 Å². The van der Waals surface area contributed by atoms with Gasteiger partial charge in [-0.15, -0.1) is 0 Å². The molecule has 0 amide bonds. The van der Waals surface area contributed by atoms with E-state index in [1.807, 2.05) is 6.07 Å². The zero-order valence-electron chi connectivity index (χ0n) is 11.3. The fraction of sp³-hybridized carbons (Fsp3) is 0.625. The molecule has 1 aliphatic carbocycles. The summed E-state index contributed by atoms with van der Waals surface area (Å²) < 4.78 is 7.34. The molecule has 1 saturated carbocycles. The first-order valence-electron chi connectivity index (χ1n) is 7.46. The van der Waals surface area contributed by atoms with E-state index in [-0.39, 0.29) is 6.04 Å². The van der Waals surface area contributed by atoms with Gasteiger partial charge in [-0.2, -0.15) is 0 Å². The third kappa shape index (κ3) is 2.97. The number of halogens is 1. The monoisotopic (exact) mass is 323 g/mol. The molecule has 2 atom stereocenters. The van der Waals surface area contributed by atoms with Crippen LogP contribution in [0.3, 0.4) is 0 Å². The van der Waals surface area contributed by atoms with Gasteiger partial charge in [0.05, 0.1) is 0 Å². The van der Waals surface area contributed by atoms with Crippen LogP contribution in [-0.2, 0) is 0 Å². The van der Waals surface area contributed by atoms with Crippen LogP contribution in [0.25, 0.3) is 0 Å². The van der Waals surface area contributed by atoms with Crippen molar-refractivity contribution in [3.63, 3.8) is 0 Å². The van der Waals surface area contributed by atoms with Crippen molar-refractivity contribution in [2.75, 3.05) is 0 Å². The SMILES string of the molecule is NC1CC(C2CCCCCC2)Oc2cc(Br)ccc21. The van der Waals surface area contributed by atoms with Crippen LogP contribution in [0.4, 0.5) is 0 Å². The van der Waals surface area contributed by atoms with Crippen LogP contribution in [0, 0.1) is 5.92 Å². The van der Waals surface area contributed by atoms with Gasteiger partial charge in [0.1, 0.15) is 11.9 Å². The largest absolute Gasteiger partial charge is 0.490 e. The predicted octanol–water partition coefficient (Wildman–Crippen LogP) is 4.57. The first-order valence-corrected chi connectivity index (χ1v) is 8.25. The molecule has 104 valence electrons. The second kappa shape index (κ2) is 5.84. The Labute approximate surface area is 123 Å². The molecule has 1 aliphatic heterocycles. The zero-order valence-corrected chi connectivity index (χ0v) is 12.9. The summed E-state index contributed by atoms with van der Waals surface area (Å²) in [4.78, 5) is 0. The van der Waals surface area contributed by atoms with Gasteiger partial charge in [0.2, 0.25) is 0 Å². The molecular weight excluding hydrogens is 302 g/mol. The van der Waals surface area contributed by atoms with Crippen molar-refractivity contribution in [2.45, 2.75) is 57.1 Å². The maximum atomic E-state index is 6.34. The molecule has 3 heteroatoms. The second-order valence-electron chi connectivity index (χ2n) is 5.93. The molecule has 2 unspecified atom stereocenters. The molecule has 0 aromatic heterocycles. The molecule has 0 bridgehead atoms. The molecular formula is C16H22BrNO. The highest BCUT2D eigenvalue weighted by atomic mass is 79.9. The highest BCUT2D eigenvalue weighted by molar-refractivity contribution is 9.10. The van der Waals surface area contributed by atoms with Gasteiger partial charge < -0.3 is 10.5 Å². The van der Waals surface area contributed by atoms with Crippen LogP contribution < -0.4 is 10.5 Å². The summed E-state index contributed by atoms with van der Waals surface area (Å²) in [5.74, 6) is 1.68. The van der Waals surface area contributed by atoms with Crippen LogP contribution >= 0.6 is 15.9 Å². The van der Waals surface area contributed by atoms with Gasteiger partial charge in [0, 0.05) is 22.5 Å². The van der Waals surface area contributed by atoms with Gasteiger partial charge >= 0.3 is 0 Å². The first kappa shape index (κ1) is 13.4. The lowest BCUT2D eigenvalue weighted by Gasteiger charge is -2.35. The highest BCUT2D eigenvalue weighted by Gasteiger charge is 2.32. The molecule has 0 saturated heterocycles. The minimum absolute atomic E-state index is 0.130. The Morgan fingerprint density at radius 3 is 2.58 bits per heavy atom. The quantitative estimate of drug-likeness (QED) is 0.768. The van der Waals surface area contributed by atoms with Gasteiger partial charge in [-0.1, -0.05) is 47.7 Å². The van der Waals surface area contributed by atoms with Gasteiger partial charge in [-0.3, -0.25) is 0 Å². The lowest BCUT2D eigenvalue weighted by atomic mass is 9.86. The Hall–Kier alpha value is -0.540. The van der Waals surface area contributed by atoms with Gasteiger partial charge in [0.25, 0.3) is 0 Å². The summed E-state index contributed by atoms with van der Waals surface area (Å²) in [5.41, 5.74) is 7.50. The van der Waals surface area contributed by atoms with E-state index in [2.05, 4.69) is 28.1 Å². The summed E-state index contributed by atoms with van der Waals surface area (Å²) in [6, 6.07) is 6.34. The van der Waals surface area contributed by atoms with Crippen LogP contribution in [0.1, 0.15) is 56.6 Å². The van der Waals surface area contributed by atoms with Crippen molar-refractivity contribution in [1.29, 1.82) is 0 Å². The average Bonchev–Trinajstić information content (AvgIpc) is 2.66. The lowest BCUT2D eigenvalue weighted by Crippen LogP contribution is -2.35. The number of rotatable bonds is 1. The Bertz CT molecular complexity index is 440. The van der Waals surface area contributed by atoms with Crippen molar-refractivity contribution >= 4 is 15.9 Å². The summed E-state index contributed by atoms with van der Waals surface area (Å²) in [7, 11) is 0.